The maximum atomic E-state index is 6.55. The number of imidazole rings is 2. The molecule has 0 amide bonds. The summed E-state index contributed by atoms with van der Waals surface area (Å²) in [4.78, 5) is 29.1. The van der Waals surface area contributed by atoms with E-state index in [1.807, 2.05) is 72.7 Å². The maximum absolute atomic E-state index is 6.55. The average Bonchev–Trinajstić information content (AvgIpc) is 2.21. The van der Waals surface area contributed by atoms with Gasteiger partial charge in [-0.2, -0.15) is 0 Å². The number of furan rings is 1. The Morgan fingerprint density at radius 2 is 1.17 bits per heavy atom. The average molecular weight is 1340 g/mol. The molecule has 0 aliphatic rings. The molecule has 5 heterocycles. The van der Waals surface area contributed by atoms with Gasteiger partial charge in [0, 0.05) is 53.1 Å². The summed E-state index contributed by atoms with van der Waals surface area (Å²) in [6.07, 6.45) is 9.79. The molecule has 0 unspecified atom stereocenters. The number of nitrogens with zero attached hydrogens (tertiary/aromatic N) is 8. The molecule has 0 radical (unpaired) electrons. The van der Waals surface area contributed by atoms with E-state index < -0.39 is 0 Å². The van der Waals surface area contributed by atoms with Crippen LogP contribution in [0, 0.1) is 18.2 Å². The third kappa shape index (κ3) is 13.4. The molecule has 0 fully saturated rings. The molecule has 0 spiro atoms. The summed E-state index contributed by atoms with van der Waals surface area (Å²) in [5, 5.41) is 2.15. The number of benzene rings is 8. The quantitative estimate of drug-likeness (QED) is 0.1000. The van der Waals surface area contributed by atoms with Crippen molar-refractivity contribution in [2.45, 2.75) is 118 Å². The van der Waals surface area contributed by atoms with Gasteiger partial charge in [0.25, 0.3) is 0 Å². The Bertz CT molecular complexity index is 4520. The van der Waals surface area contributed by atoms with Crippen LogP contribution in [0.5, 0.6) is 0 Å². The fourth-order valence-corrected chi connectivity index (χ4v) is 11.4. The van der Waals surface area contributed by atoms with Gasteiger partial charge in [0.05, 0.1) is 28.3 Å². The van der Waals surface area contributed by atoms with Gasteiger partial charge < -0.3 is 18.5 Å². The van der Waals surface area contributed by atoms with Crippen LogP contribution in [-0.2, 0) is 63.7 Å². The van der Waals surface area contributed by atoms with E-state index in [2.05, 4.69) is 235 Å². The standard InChI is InChI=1S/C48H48N5O.C31H27N3.Ir/c1-28(2)36-26-32(30-22-24-31(25-23-30)43-50-45(47(5,6)7)52-46(51-43)48(8,9)10)27-37(29(3)4)41(36)53-39-20-13-12-19-38(39)49-44(53)35-18-15-17-34-33-16-11-14-21-40(33)54-42(34)35;1-34-21-20-32-31(34)29-17-14-24(15-18-29)10-11-25-6-5-7-26(22-25)12-13-27-16-19-30(33-23-27)28-8-3-2-4-9-28;/h11-17,19-29H,1-10H3;2-8,14-17,19-23H,10-13H2,1H3;/q-1;-2;+3. The Hall–Kier alpha value is -8.95. The molecule has 0 saturated heterocycles. The molecular weight excluding hydrogens is 1270 g/mol. The van der Waals surface area contributed by atoms with Crippen LogP contribution in [0.3, 0.4) is 0 Å². The summed E-state index contributed by atoms with van der Waals surface area (Å²) in [6, 6.07) is 71.9. The van der Waals surface area contributed by atoms with Gasteiger partial charge in [0.1, 0.15) is 17.2 Å². The molecular formula is C79H75IrN8O. The number of pyridine rings is 1. The smallest absolute Gasteiger partial charge is 0.501 e. The van der Waals surface area contributed by atoms with Crippen molar-refractivity contribution in [2.75, 3.05) is 0 Å². The summed E-state index contributed by atoms with van der Waals surface area (Å²) in [6.45, 7) is 22.0. The van der Waals surface area contributed by atoms with E-state index in [4.69, 9.17) is 24.4 Å². The molecule has 10 heteroatoms. The van der Waals surface area contributed by atoms with Crippen LogP contribution >= 0.6 is 0 Å². The third-order valence-corrected chi connectivity index (χ3v) is 16.4. The first-order valence-electron chi connectivity index (χ1n) is 30.8. The second-order valence-electron chi connectivity index (χ2n) is 25.8. The Kier molecular flexibility index (Phi) is 18.0. The zero-order valence-electron chi connectivity index (χ0n) is 52.8. The van der Waals surface area contributed by atoms with Gasteiger partial charge in [-0.3, -0.25) is 9.97 Å². The first-order chi connectivity index (χ1) is 42.4. The van der Waals surface area contributed by atoms with Crippen LogP contribution in [-0.4, -0.2) is 39.0 Å². The number of para-hydroxylation sites is 3. The van der Waals surface area contributed by atoms with Crippen LogP contribution in [0.15, 0.2) is 199 Å². The zero-order chi connectivity index (χ0) is 61.3. The normalized spacial score (nSPS) is 11.8. The van der Waals surface area contributed by atoms with Crippen LogP contribution in [0.4, 0.5) is 0 Å². The molecule has 5 aromatic heterocycles. The van der Waals surface area contributed by atoms with Gasteiger partial charge in [-0.1, -0.05) is 178 Å². The van der Waals surface area contributed by atoms with E-state index in [1.54, 1.807) is 0 Å². The van der Waals surface area contributed by atoms with Crippen molar-refractivity contribution < 1.29 is 24.5 Å². The van der Waals surface area contributed by atoms with Gasteiger partial charge in [0.15, 0.2) is 5.82 Å². The number of aryl methyl sites for hydroxylation is 5. The van der Waals surface area contributed by atoms with Gasteiger partial charge >= 0.3 is 20.1 Å². The van der Waals surface area contributed by atoms with E-state index in [0.717, 1.165) is 115 Å². The van der Waals surface area contributed by atoms with Gasteiger partial charge in [0.2, 0.25) is 0 Å². The van der Waals surface area contributed by atoms with Crippen molar-refractivity contribution in [3.05, 3.63) is 258 Å². The van der Waals surface area contributed by atoms with Crippen molar-refractivity contribution in [3.63, 3.8) is 0 Å². The predicted octanol–water partition coefficient (Wildman–Crippen LogP) is 19.1. The molecule has 0 saturated carbocycles. The zero-order valence-corrected chi connectivity index (χ0v) is 55.2. The molecule has 13 aromatic rings. The Balaban J connectivity index is 0.000000201. The minimum absolute atomic E-state index is 0. The largest absolute Gasteiger partial charge is 3.00 e. The number of rotatable bonds is 14. The first kappa shape index (κ1) is 61.7. The molecule has 9 nitrogen and oxygen atoms in total. The molecule has 0 atom stereocenters. The minimum Gasteiger partial charge on any atom is -0.501 e. The van der Waals surface area contributed by atoms with Gasteiger partial charge in [-0.05, 0) is 106 Å². The summed E-state index contributed by atoms with van der Waals surface area (Å²) >= 11 is 0. The van der Waals surface area contributed by atoms with Gasteiger partial charge in [-0.15, -0.1) is 89.5 Å². The fraction of sp³-hybridized carbons (Fsp3) is 0.241. The van der Waals surface area contributed by atoms with Crippen molar-refractivity contribution in [3.8, 4) is 62.2 Å². The maximum Gasteiger partial charge on any atom is 3.00 e. The van der Waals surface area contributed by atoms with Crippen molar-refractivity contribution in [2.24, 2.45) is 7.05 Å². The van der Waals surface area contributed by atoms with Crippen LogP contribution in [0.1, 0.15) is 126 Å². The van der Waals surface area contributed by atoms with E-state index in [0.29, 0.717) is 5.82 Å². The Morgan fingerprint density at radius 3 is 1.80 bits per heavy atom. The molecule has 0 aliphatic heterocycles. The second-order valence-corrected chi connectivity index (χ2v) is 25.8. The molecule has 13 rings (SSSR count). The van der Waals surface area contributed by atoms with E-state index in [-0.39, 0.29) is 42.8 Å². The topological polar surface area (TPSA) is 100 Å². The van der Waals surface area contributed by atoms with E-state index in [1.165, 1.54) is 44.6 Å². The van der Waals surface area contributed by atoms with Crippen LogP contribution < -0.4 is 0 Å². The fourth-order valence-electron chi connectivity index (χ4n) is 11.4. The SMILES string of the molecule is CC(C)c1cc(-c2ccc(-c3nc(C(C)(C)C)nc(C(C)(C)C)n3)cc2)cc(C(C)C)c1-n1c(-c2[c-]ccc3c2oc2ccccc23)nc2ccccc21.Cn1ccnc1-c1[c-]cc(CCc2cccc(CCc3ccc(-c4[c-]cccc4)nc3)c2)cc1.[Ir+3]. The molecule has 0 N–H and O–H groups in total. The number of fused-ring (bicyclic) bond motifs is 4. The predicted molar refractivity (Wildman–Crippen MR) is 360 cm³/mol. The summed E-state index contributed by atoms with van der Waals surface area (Å²) < 4.78 is 10.9. The van der Waals surface area contributed by atoms with E-state index >= 15 is 0 Å². The summed E-state index contributed by atoms with van der Waals surface area (Å²) in [7, 11) is 2.01. The Labute approximate surface area is 537 Å². The molecule has 0 aliphatic carbocycles. The monoisotopic (exact) mass is 1340 g/mol. The summed E-state index contributed by atoms with van der Waals surface area (Å²) in [5.41, 5.74) is 19.4. The molecule has 446 valence electrons. The first-order valence-corrected chi connectivity index (χ1v) is 30.8. The van der Waals surface area contributed by atoms with E-state index in [9.17, 15) is 0 Å². The summed E-state index contributed by atoms with van der Waals surface area (Å²) in [5.74, 6) is 4.55. The van der Waals surface area contributed by atoms with Crippen molar-refractivity contribution in [1.29, 1.82) is 0 Å². The van der Waals surface area contributed by atoms with Crippen LogP contribution in [0.2, 0.25) is 0 Å². The number of hydrogen-bond donors (Lipinski definition) is 0. The van der Waals surface area contributed by atoms with Gasteiger partial charge in [-0.25, -0.2) is 15.0 Å². The minimum atomic E-state index is -0.198. The molecule has 89 heavy (non-hydrogen) atoms. The second kappa shape index (κ2) is 26.0. The van der Waals surface area contributed by atoms with Crippen molar-refractivity contribution >= 4 is 33.0 Å². The number of hydrogen-bond acceptors (Lipinski definition) is 7. The van der Waals surface area contributed by atoms with Crippen LogP contribution in [0.25, 0.3) is 95.2 Å². The third-order valence-electron chi connectivity index (χ3n) is 16.4. The molecule has 0 bridgehead atoms. The Morgan fingerprint density at radius 1 is 0.517 bits per heavy atom. The number of aromatic nitrogens is 8. The van der Waals surface area contributed by atoms with Crippen molar-refractivity contribution in [1.82, 2.24) is 39.0 Å². The molecule has 8 aromatic carbocycles.